The van der Waals surface area contributed by atoms with Gasteiger partial charge in [0.1, 0.15) is 0 Å². The van der Waals surface area contributed by atoms with Crippen LogP contribution in [0.15, 0.2) is 0 Å². The van der Waals surface area contributed by atoms with Crippen molar-refractivity contribution in [3.8, 4) is 0 Å². The molecule has 0 heterocycles. The van der Waals surface area contributed by atoms with Crippen molar-refractivity contribution in [2.75, 3.05) is 13.2 Å². The molecule has 0 aromatic carbocycles. The van der Waals surface area contributed by atoms with Crippen molar-refractivity contribution in [2.45, 2.75) is 32.1 Å². The summed E-state index contributed by atoms with van der Waals surface area (Å²) >= 11 is 0. The van der Waals surface area contributed by atoms with Crippen LogP contribution in [0.3, 0.4) is 0 Å². The molecule has 0 aromatic rings. The van der Waals surface area contributed by atoms with Gasteiger partial charge in [-0.05, 0) is 91.3 Å². The Hall–Kier alpha value is -0.0800. The van der Waals surface area contributed by atoms with Gasteiger partial charge in [0.15, 0.2) is 0 Å². The van der Waals surface area contributed by atoms with Crippen molar-refractivity contribution in [1.29, 1.82) is 0 Å². The molecule has 2 heteroatoms. The predicted molar refractivity (Wildman–Crippen MR) is 72.2 cm³/mol. The molecule has 0 aromatic heterocycles. The minimum absolute atomic E-state index is 0.441. The molecular weight excluding hydrogens is 236 g/mol. The summed E-state index contributed by atoms with van der Waals surface area (Å²) in [6.07, 6.45) is 7.14. The maximum Gasteiger partial charge on any atom is 0.0462 e. The van der Waals surface area contributed by atoms with E-state index in [-0.39, 0.29) is 0 Å². The van der Waals surface area contributed by atoms with Crippen LogP contribution in [0.5, 0.6) is 0 Å². The Morgan fingerprint density at radius 1 is 0.474 bits per heavy atom. The van der Waals surface area contributed by atoms with E-state index in [1.54, 1.807) is 0 Å². The van der Waals surface area contributed by atoms with E-state index in [0.29, 0.717) is 25.0 Å². The topological polar surface area (TPSA) is 40.5 Å². The third-order valence-corrected chi connectivity index (χ3v) is 7.30. The Morgan fingerprint density at radius 3 is 1.05 bits per heavy atom. The zero-order valence-electron chi connectivity index (χ0n) is 11.6. The molecule has 5 rings (SSSR count). The van der Waals surface area contributed by atoms with Crippen LogP contribution in [-0.4, -0.2) is 23.4 Å². The third-order valence-electron chi connectivity index (χ3n) is 7.30. The largest absolute Gasteiger partial charge is 0.396 e. The maximum absolute atomic E-state index is 9.17. The first-order valence-corrected chi connectivity index (χ1v) is 8.53. The molecule has 19 heavy (non-hydrogen) atoms. The second kappa shape index (κ2) is 3.76. The summed E-state index contributed by atoms with van der Waals surface area (Å²) in [5.41, 5.74) is 0. The van der Waals surface area contributed by atoms with Crippen LogP contribution < -0.4 is 0 Å². The molecule has 0 unspecified atom stereocenters. The van der Waals surface area contributed by atoms with Gasteiger partial charge in [0, 0.05) is 13.2 Å². The van der Waals surface area contributed by atoms with Gasteiger partial charge in [-0.15, -0.1) is 0 Å². The highest BCUT2D eigenvalue weighted by atomic mass is 16.3. The highest BCUT2D eigenvalue weighted by Gasteiger charge is 2.65. The highest BCUT2D eigenvalue weighted by molar-refractivity contribution is 5.14. The lowest BCUT2D eigenvalue weighted by molar-refractivity contribution is 0.263. The normalized spacial score (nSPS) is 64.7. The SMILES string of the molecule is OC[C@@H]1C[C@H]1[C@@H]1C[C@@H]1[C@@H]1C[C@H]1[C@H]1C[C@H]1[C@@H]1C[C@H]1CO. The minimum atomic E-state index is 0.441. The van der Waals surface area contributed by atoms with Crippen LogP contribution in [0, 0.1) is 59.2 Å². The summed E-state index contributed by atoms with van der Waals surface area (Å²) < 4.78 is 0. The number of aliphatic hydroxyl groups is 2. The fourth-order valence-corrected chi connectivity index (χ4v) is 5.67. The van der Waals surface area contributed by atoms with Crippen molar-refractivity contribution < 1.29 is 10.2 Å². The van der Waals surface area contributed by atoms with Crippen molar-refractivity contribution >= 4 is 0 Å². The lowest BCUT2D eigenvalue weighted by Crippen LogP contribution is -1.98. The molecule has 106 valence electrons. The van der Waals surface area contributed by atoms with Crippen LogP contribution in [-0.2, 0) is 0 Å². The van der Waals surface area contributed by atoms with E-state index in [9.17, 15) is 10.2 Å². The molecule has 5 aliphatic rings. The van der Waals surface area contributed by atoms with Crippen LogP contribution in [0.1, 0.15) is 32.1 Å². The van der Waals surface area contributed by atoms with E-state index in [1.807, 2.05) is 0 Å². The Morgan fingerprint density at radius 2 is 0.789 bits per heavy atom. The summed E-state index contributed by atoms with van der Waals surface area (Å²) in [5.74, 6) is 9.46. The molecule has 0 amide bonds. The van der Waals surface area contributed by atoms with Gasteiger partial charge in [-0.25, -0.2) is 0 Å². The van der Waals surface area contributed by atoms with Crippen LogP contribution in [0.4, 0.5) is 0 Å². The molecule has 0 radical (unpaired) electrons. The number of rotatable bonds is 6. The van der Waals surface area contributed by atoms with Gasteiger partial charge in [0.05, 0.1) is 0 Å². The zero-order valence-corrected chi connectivity index (χ0v) is 11.6. The van der Waals surface area contributed by atoms with Gasteiger partial charge in [0.25, 0.3) is 0 Å². The standard InChI is InChI=1S/C17H26O2/c18-6-8-1-10(8)12-3-14(12)16-5-17(16)15-4-13(15)11-2-9(11)7-19/h8-19H,1-7H2/t8-,9-,10+,11+,12-,13-,14-,15-,16-,17-/m0/s1. The van der Waals surface area contributed by atoms with Gasteiger partial charge in [0.2, 0.25) is 0 Å². The van der Waals surface area contributed by atoms with Crippen molar-refractivity contribution in [2.24, 2.45) is 59.2 Å². The first-order valence-electron chi connectivity index (χ1n) is 8.53. The Kier molecular flexibility index (Phi) is 2.29. The Balaban J connectivity index is 1.10. The van der Waals surface area contributed by atoms with Crippen LogP contribution >= 0.6 is 0 Å². The number of aliphatic hydroxyl groups excluding tert-OH is 2. The van der Waals surface area contributed by atoms with Gasteiger partial charge in [-0.2, -0.15) is 0 Å². The Bertz CT molecular complexity index is 359. The second-order valence-corrected chi connectivity index (χ2v) is 8.37. The van der Waals surface area contributed by atoms with Gasteiger partial charge in [-0.1, -0.05) is 0 Å². The van der Waals surface area contributed by atoms with Crippen LogP contribution in [0.25, 0.3) is 0 Å². The molecule has 0 aliphatic heterocycles. The second-order valence-electron chi connectivity index (χ2n) is 8.37. The predicted octanol–water partition coefficient (Wildman–Crippen LogP) is 2.15. The first-order chi connectivity index (χ1) is 9.31. The van der Waals surface area contributed by atoms with E-state index in [0.717, 1.165) is 47.3 Å². The van der Waals surface area contributed by atoms with Gasteiger partial charge < -0.3 is 10.2 Å². The van der Waals surface area contributed by atoms with Crippen molar-refractivity contribution in [3.63, 3.8) is 0 Å². The van der Waals surface area contributed by atoms with Crippen molar-refractivity contribution in [3.05, 3.63) is 0 Å². The zero-order chi connectivity index (χ0) is 12.7. The van der Waals surface area contributed by atoms with Gasteiger partial charge in [-0.3, -0.25) is 0 Å². The smallest absolute Gasteiger partial charge is 0.0462 e. The summed E-state index contributed by atoms with van der Waals surface area (Å²) in [7, 11) is 0. The van der Waals surface area contributed by atoms with Crippen molar-refractivity contribution in [1.82, 2.24) is 0 Å². The average Bonchev–Trinajstić information content (AvgIpc) is 3.30. The molecule has 5 saturated carbocycles. The van der Waals surface area contributed by atoms with E-state index in [2.05, 4.69) is 0 Å². The quantitative estimate of drug-likeness (QED) is 0.770. The van der Waals surface area contributed by atoms with Crippen LogP contribution in [0.2, 0.25) is 0 Å². The van der Waals surface area contributed by atoms with E-state index < -0.39 is 0 Å². The molecule has 0 spiro atoms. The molecule has 2 nitrogen and oxygen atoms in total. The molecule has 0 bridgehead atoms. The summed E-state index contributed by atoms with van der Waals surface area (Å²) in [6, 6.07) is 0. The lowest BCUT2D eigenvalue weighted by Gasteiger charge is -2.00. The number of hydrogen-bond acceptors (Lipinski definition) is 2. The molecule has 0 saturated heterocycles. The Labute approximate surface area is 115 Å². The molecule has 10 atom stereocenters. The molecule has 5 fully saturated rings. The molecular formula is C17H26O2. The summed E-state index contributed by atoms with van der Waals surface area (Å²) in [4.78, 5) is 0. The first kappa shape index (κ1) is 11.6. The summed E-state index contributed by atoms with van der Waals surface area (Å²) in [6.45, 7) is 0.883. The van der Waals surface area contributed by atoms with E-state index in [4.69, 9.17) is 0 Å². The monoisotopic (exact) mass is 262 g/mol. The molecule has 5 aliphatic carbocycles. The fraction of sp³-hybridized carbons (Fsp3) is 1.00. The fourth-order valence-electron chi connectivity index (χ4n) is 5.67. The molecule has 2 N–H and O–H groups in total. The third kappa shape index (κ3) is 1.82. The van der Waals surface area contributed by atoms with E-state index in [1.165, 1.54) is 32.1 Å². The van der Waals surface area contributed by atoms with Gasteiger partial charge >= 0.3 is 0 Å². The minimum Gasteiger partial charge on any atom is -0.396 e. The average molecular weight is 262 g/mol. The lowest BCUT2D eigenvalue weighted by atomic mass is 10.1. The van der Waals surface area contributed by atoms with E-state index >= 15 is 0 Å². The maximum atomic E-state index is 9.17. The number of hydrogen-bond donors (Lipinski definition) is 2. The highest BCUT2D eigenvalue weighted by Crippen LogP contribution is 2.72. The summed E-state index contributed by atoms with van der Waals surface area (Å²) in [5, 5.41) is 18.3.